The first-order chi connectivity index (χ1) is 11.2. The van der Waals surface area contributed by atoms with Crippen LogP contribution in [0.25, 0.3) is 0 Å². The number of carbonyl (C=O) groups is 1. The second-order valence-electron chi connectivity index (χ2n) is 5.95. The van der Waals surface area contributed by atoms with Gasteiger partial charge in [-0.1, -0.05) is 41.9 Å². The molecule has 0 atom stereocenters. The van der Waals surface area contributed by atoms with Crippen LogP contribution in [0.4, 0.5) is 0 Å². The first-order valence-corrected chi connectivity index (χ1v) is 8.24. The minimum Gasteiger partial charge on any atom is -0.381 e. The fraction of sp³-hybridized carbons (Fsp3) is 0.316. The molecule has 0 spiro atoms. The smallest absolute Gasteiger partial charge is 0.251 e. The van der Waals surface area contributed by atoms with Crippen molar-refractivity contribution in [1.82, 2.24) is 5.32 Å². The van der Waals surface area contributed by atoms with Crippen LogP contribution in [0.2, 0.25) is 5.02 Å². The van der Waals surface area contributed by atoms with Gasteiger partial charge in [-0.05, 0) is 42.7 Å². The molecule has 1 aliphatic rings. The Balaban J connectivity index is 1.74. The van der Waals surface area contributed by atoms with E-state index in [0.29, 0.717) is 17.1 Å². The molecule has 1 N–H and O–H groups in total. The van der Waals surface area contributed by atoms with Crippen LogP contribution in [0.3, 0.4) is 0 Å². The molecule has 1 amide bonds. The summed E-state index contributed by atoms with van der Waals surface area (Å²) in [4.78, 5) is 12.4. The minimum absolute atomic E-state index is 0.0540. The average Bonchev–Trinajstić information content (AvgIpc) is 2.62. The molecule has 2 aromatic carbocycles. The highest BCUT2D eigenvalue weighted by atomic mass is 35.5. The Morgan fingerprint density at radius 3 is 2.35 bits per heavy atom. The molecule has 0 bridgehead atoms. The first kappa shape index (κ1) is 16.0. The van der Waals surface area contributed by atoms with Crippen LogP contribution in [0, 0.1) is 0 Å². The van der Waals surface area contributed by atoms with Gasteiger partial charge in [-0.25, -0.2) is 0 Å². The Hall–Kier alpha value is -1.84. The van der Waals surface area contributed by atoms with Crippen molar-refractivity contribution in [2.45, 2.75) is 18.3 Å². The van der Waals surface area contributed by atoms with E-state index in [1.165, 1.54) is 5.56 Å². The van der Waals surface area contributed by atoms with Crippen molar-refractivity contribution in [2.75, 3.05) is 19.8 Å². The molecule has 120 valence electrons. The fourth-order valence-corrected chi connectivity index (χ4v) is 3.20. The number of amides is 1. The lowest BCUT2D eigenvalue weighted by atomic mass is 9.74. The van der Waals surface area contributed by atoms with Gasteiger partial charge in [0.25, 0.3) is 5.91 Å². The van der Waals surface area contributed by atoms with Gasteiger partial charge in [0.2, 0.25) is 0 Å². The lowest BCUT2D eigenvalue weighted by molar-refractivity contribution is 0.0487. The van der Waals surface area contributed by atoms with Crippen LogP contribution in [0.1, 0.15) is 28.8 Å². The van der Waals surface area contributed by atoms with Crippen molar-refractivity contribution in [3.05, 3.63) is 70.7 Å². The second-order valence-corrected chi connectivity index (χ2v) is 6.38. The van der Waals surface area contributed by atoms with Gasteiger partial charge in [0.1, 0.15) is 0 Å². The van der Waals surface area contributed by atoms with E-state index in [1.807, 2.05) is 18.2 Å². The maximum Gasteiger partial charge on any atom is 0.251 e. The second kappa shape index (κ2) is 7.16. The van der Waals surface area contributed by atoms with Gasteiger partial charge in [0.05, 0.1) is 0 Å². The van der Waals surface area contributed by atoms with Gasteiger partial charge in [0, 0.05) is 35.8 Å². The third-order valence-electron chi connectivity index (χ3n) is 4.53. The van der Waals surface area contributed by atoms with E-state index < -0.39 is 0 Å². The Morgan fingerprint density at radius 2 is 1.70 bits per heavy atom. The zero-order valence-electron chi connectivity index (χ0n) is 12.9. The fourth-order valence-electron chi connectivity index (χ4n) is 3.07. The molecule has 0 unspecified atom stereocenters. The van der Waals surface area contributed by atoms with Crippen LogP contribution in [0.5, 0.6) is 0 Å². The topological polar surface area (TPSA) is 38.3 Å². The van der Waals surface area contributed by atoms with Crippen LogP contribution in [0.15, 0.2) is 54.6 Å². The summed E-state index contributed by atoms with van der Waals surface area (Å²) in [6.07, 6.45) is 1.83. The van der Waals surface area contributed by atoms with E-state index in [-0.39, 0.29) is 11.3 Å². The number of carbonyl (C=O) groups excluding carboxylic acids is 1. The summed E-state index contributed by atoms with van der Waals surface area (Å²) in [7, 11) is 0. The average molecular weight is 330 g/mol. The van der Waals surface area contributed by atoms with E-state index in [0.717, 1.165) is 26.1 Å². The van der Waals surface area contributed by atoms with E-state index in [4.69, 9.17) is 16.3 Å². The van der Waals surface area contributed by atoms with Gasteiger partial charge < -0.3 is 10.1 Å². The Morgan fingerprint density at radius 1 is 1.04 bits per heavy atom. The summed E-state index contributed by atoms with van der Waals surface area (Å²) in [5.41, 5.74) is 1.84. The molecule has 3 nitrogen and oxygen atoms in total. The molecule has 0 radical (unpaired) electrons. The number of halogens is 1. The predicted octanol–water partition coefficient (Wildman–Crippen LogP) is 3.82. The molecule has 0 saturated carbocycles. The lowest BCUT2D eigenvalue weighted by Gasteiger charge is -2.38. The van der Waals surface area contributed by atoms with E-state index >= 15 is 0 Å². The van der Waals surface area contributed by atoms with Gasteiger partial charge in [-0.15, -0.1) is 0 Å². The van der Waals surface area contributed by atoms with E-state index in [1.54, 1.807) is 24.3 Å². The molecule has 0 aliphatic carbocycles. The maximum absolute atomic E-state index is 12.4. The zero-order chi connectivity index (χ0) is 16.1. The molecule has 1 heterocycles. The van der Waals surface area contributed by atoms with Gasteiger partial charge in [0.15, 0.2) is 0 Å². The van der Waals surface area contributed by atoms with Crippen LogP contribution in [-0.2, 0) is 10.2 Å². The van der Waals surface area contributed by atoms with Crippen molar-refractivity contribution in [3.8, 4) is 0 Å². The van der Waals surface area contributed by atoms with Crippen LogP contribution in [-0.4, -0.2) is 25.7 Å². The molecule has 0 aromatic heterocycles. The minimum atomic E-state index is -0.0662. The molecular formula is C19H20ClNO2. The molecule has 3 rings (SSSR count). The summed E-state index contributed by atoms with van der Waals surface area (Å²) in [6.45, 7) is 2.07. The van der Waals surface area contributed by atoms with Crippen molar-refractivity contribution >= 4 is 17.5 Å². The van der Waals surface area contributed by atoms with Gasteiger partial charge >= 0.3 is 0 Å². The molecule has 23 heavy (non-hydrogen) atoms. The highest BCUT2D eigenvalue weighted by Gasteiger charge is 2.34. The summed E-state index contributed by atoms with van der Waals surface area (Å²) in [5.74, 6) is -0.0662. The number of hydrogen-bond donors (Lipinski definition) is 1. The molecule has 2 aromatic rings. The molecular weight excluding hydrogens is 310 g/mol. The zero-order valence-corrected chi connectivity index (χ0v) is 13.7. The Kier molecular flexibility index (Phi) is 4.99. The standard InChI is InChI=1S/C19H20ClNO2/c20-17-8-6-15(7-9-17)18(22)21-14-19(10-12-23-13-11-19)16-4-2-1-3-5-16/h1-9H,10-14H2,(H,21,22). The monoisotopic (exact) mass is 329 g/mol. The van der Waals surface area contributed by atoms with Crippen molar-refractivity contribution in [2.24, 2.45) is 0 Å². The van der Waals surface area contributed by atoms with Crippen molar-refractivity contribution < 1.29 is 9.53 Å². The highest BCUT2D eigenvalue weighted by molar-refractivity contribution is 6.30. The van der Waals surface area contributed by atoms with Crippen molar-refractivity contribution in [3.63, 3.8) is 0 Å². The summed E-state index contributed by atoms with van der Waals surface area (Å²) >= 11 is 5.87. The van der Waals surface area contributed by atoms with Crippen LogP contribution >= 0.6 is 11.6 Å². The number of hydrogen-bond acceptors (Lipinski definition) is 2. The first-order valence-electron chi connectivity index (χ1n) is 7.87. The highest BCUT2D eigenvalue weighted by Crippen LogP contribution is 2.34. The molecule has 1 aliphatic heterocycles. The molecule has 1 fully saturated rings. The quantitative estimate of drug-likeness (QED) is 0.926. The van der Waals surface area contributed by atoms with E-state index in [9.17, 15) is 4.79 Å². The number of ether oxygens (including phenoxy) is 1. The number of rotatable bonds is 4. The lowest BCUT2D eigenvalue weighted by Crippen LogP contribution is -2.44. The predicted molar refractivity (Wildman–Crippen MR) is 92.0 cm³/mol. The molecule has 4 heteroatoms. The maximum atomic E-state index is 12.4. The summed E-state index contributed by atoms with van der Waals surface area (Å²) in [5, 5.41) is 3.72. The van der Waals surface area contributed by atoms with Crippen molar-refractivity contribution in [1.29, 1.82) is 0 Å². The number of benzene rings is 2. The summed E-state index contributed by atoms with van der Waals surface area (Å²) in [6, 6.07) is 17.4. The Bertz CT molecular complexity index is 649. The Labute approximate surface area is 141 Å². The van der Waals surface area contributed by atoms with Gasteiger partial charge in [-0.3, -0.25) is 4.79 Å². The largest absolute Gasteiger partial charge is 0.381 e. The number of nitrogens with one attached hydrogen (secondary N) is 1. The van der Waals surface area contributed by atoms with E-state index in [2.05, 4.69) is 17.4 Å². The third kappa shape index (κ3) is 3.74. The van der Waals surface area contributed by atoms with Gasteiger partial charge in [-0.2, -0.15) is 0 Å². The normalized spacial score (nSPS) is 16.7. The SMILES string of the molecule is O=C(NCC1(c2ccccc2)CCOCC1)c1ccc(Cl)cc1. The van der Waals surface area contributed by atoms with Crippen LogP contribution < -0.4 is 5.32 Å². The summed E-state index contributed by atoms with van der Waals surface area (Å²) < 4.78 is 5.52. The third-order valence-corrected chi connectivity index (χ3v) is 4.78. The molecule has 1 saturated heterocycles.